The van der Waals surface area contributed by atoms with Crippen LogP contribution in [0.15, 0.2) is 24.3 Å². The van der Waals surface area contributed by atoms with Crippen molar-refractivity contribution in [2.45, 2.75) is 13.8 Å². The molecule has 0 atom stereocenters. The van der Waals surface area contributed by atoms with Crippen molar-refractivity contribution in [2.75, 3.05) is 6.54 Å². The summed E-state index contributed by atoms with van der Waals surface area (Å²) in [5, 5.41) is 2.48. The van der Waals surface area contributed by atoms with Crippen molar-refractivity contribution in [3.8, 4) is 0 Å². The zero-order valence-corrected chi connectivity index (χ0v) is 9.23. The maximum atomic E-state index is 13.3. The molecule has 2 nitrogen and oxygen atoms in total. The van der Waals surface area contributed by atoms with Crippen LogP contribution in [0.25, 0.3) is 0 Å². The minimum atomic E-state index is -0.859. The van der Waals surface area contributed by atoms with Gasteiger partial charge in [0.1, 0.15) is 11.6 Å². The van der Waals surface area contributed by atoms with E-state index in [0.717, 1.165) is 5.57 Å². The molecule has 0 fully saturated rings. The Morgan fingerprint density at radius 3 is 2.56 bits per heavy atom. The second-order valence-corrected chi connectivity index (χ2v) is 3.72. The summed E-state index contributed by atoms with van der Waals surface area (Å²) in [6.45, 7) is 7.10. The van der Waals surface area contributed by atoms with Crippen LogP contribution in [0.3, 0.4) is 0 Å². The minimum absolute atomic E-state index is 0.153. The fraction of sp³-hybridized carbons (Fsp3) is 0.250. The van der Waals surface area contributed by atoms with E-state index in [1.165, 1.54) is 13.0 Å². The van der Waals surface area contributed by atoms with Crippen LogP contribution in [-0.2, 0) is 0 Å². The third-order valence-corrected chi connectivity index (χ3v) is 2.04. The van der Waals surface area contributed by atoms with Gasteiger partial charge in [-0.1, -0.05) is 12.2 Å². The molecule has 0 radical (unpaired) electrons. The molecule has 0 aromatic heterocycles. The number of carbonyl (C=O) groups is 1. The summed E-state index contributed by atoms with van der Waals surface area (Å²) in [5.74, 6) is -2.08. The Bertz CT molecular complexity index is 441. The van der Waals surface area contributed by atoms with Crippen LogP contribution in [0.1, 0.15) is 22.8 Å². The van der Waals surface area contributed by atoms with Gasteiger partial charge in [0, 0.05) is 12.6 Å². The largest absolute Gasteiger partial charge is 0.348 e. The second-order valence-electron chi connectivity index (χ2n) is 3.72. The maximum absolute atomic E-state index is 13.3. The summed E-state index contributed by atoms with van der Waals surface area (Å²) in [5.41, 5.74) is 0.842. The second kappa shape index (κ2) is 4.88. The Balaban J connectivity index is 2.91. The smallest absolute Gasteiger partial charge is 0.254 e. The van der Waals surface area contributed by atoms with Gasteiger partial charge in [-0.05, 0) is 25.5 Å². The molecule has 1 aromatic carbocycles. The predicted octanol–water partition coefficient (Wildman–Crippen LogP) is 2.58. The van der Waals surface area contributed by atoms with E-state index in [1.54, 1.807) is 6.92 Å². The number of rotatable bonds is 3. The molecule has 0 bridgehead atoms. The van der Waals surface area contributed by atoms with Gasteiger partial charge in [0.25, 0.3) is 5.91 Å². The monoisotopic (exact) mass is 225 g/mol. The van der Waals surface area contributed by atoms with Crippen LogP contribution in [0, 0.1) is 18.6 Å². The molecule has 0 saturated carbocycles. The van der Waals surface area contributed by atoms with Gasteiger partial charge in [-0.15, -0.1) is 0 Å². The highest BCUT2D eigenvalue weighted by Crippen LogP contribution is 2.14. The molecular weight excluding hydrogens is 212 g/mol. The molecule has 0 spiro atoms. The lowest BCUT2D eigenvalue weighted by atomic mass is 10.1. The quantitative estimate of drug-likeness (QED) is 0.787. The number of hydrogen-bond donors (Lipinski definition) is 1. The molecule has 1 rings (SSSR count). The summed E-state index contributed by atoms with van der Waals surface area (Å²) >= 11 is 0. The van der Waals surface area contributed by atoms with Crippen molar-refractivity contribution in [3.63, 3.8) is 0 Å². The molecule has 1 amide bonds. The number of amides is 1. The van der Waals surface area contributed by atoms with Gasteiger partial charge < -0.3 is 5.32 Å². The Labute approximate surface area is 93.0 Å². The van der Waals surface area contributed by atoms with Crippen molar-refractivity contribution in [1.82, 2.24) is 5.32 Å². The minimum Gasteiger partial charge on any atom is -0.348 e. The topological polar surface area (TPSA) is 29.1 Å². The molecule has 0 aliphatic carbocycles. The van der Waals surface area contributed by atoms with Gasteiger partial charge in [0.05, 0.1) is 5.56 Å². The normalized spacial score (nSPS) is 10.0. The number of carbonyl (C=O) groups excluding carboxylic acids is 1. The van der Waals surface area contributed by atoms with E-state index < -0.39 is 17.5 Å². The molecule has 0 aliphatic heterocycles. The van der Waals surface area contributed by atoms with E-state index in [4.69, 9.17) is 0 Å². The van der Waals surface area contributed by atoms with Gasteiger partial charge in [0.15, 0.2) is 0 Å². The van der Waals surface area contributed by atoms with Crippen molar-refractivity contribution >= 4 is 5.91 Å². The molecule has 4 heteroatoms. The number of hydrogen-bond acceptors (Lipinski definition) is 1. The highest BCUT2D eigenvalue weighted by molar-refractivity contribution is 5.94. The first kappa shape index (κ1) is 12.4. The van der Waals surface area contributed by atoms with E-state index in [0.29, 0.717) is 6.07 Å². The fourth-order valence-electron chi connectivity index (χ4n) is 1.16. The number of aryl methyl sites for hydroxylation is 1. The third kappa shape index (κ3) is 2.89. The van der Waals surface area contributed by atoms with E-state index in [1.807, 2.05) is 0 Å². The van der Waals surface area contributed by atoms with Gasteiger partial charge >= 0.3 is 0 Å². The zero-order chi connectivity index (χ0) is 12.3. The van der Waals surface area contributed by atoms with E-state index in [2.05, 4.69) is 11.9 Å². The Morgan fingerprint density at radius 2 is 2.00 bits per heavy atom. The average Bonchev–Trinajstić information content (AvgIpc) is 2.20. The van der Waals surface area contributed by atoms with Crippen LogP contribution >= 0.6 is 0 Å². The van der Waals surface area contributed by atoms with Gasteiger partial charge in [0.2, 0.25) is 0 Å². The van der Waals surface area contributed by atoms with Gasteiger partial charge in [-0.25, -0.2) is 8.78 Å². The summed E-state index contributed by atoms with van der Waals surface area (Å²) in [7, 11) is 0. The molecule has 86 valence electrons. The molecule has 0 saturated heterocycles. The van der Waals surface area contributed by atoms with E-state index >= 15 is 0 Å². The molecule has 1 N–H and O–H groups in total. The molecule has 0 heterocycles. The van der Waals surface area contributed by atoms with Gasteiger partial charge in [-0.2, -0.15) is 0 Å². The Morgan fingerprint density at radius 1 is 1.38 bits per heavy atom. The van der Waals surface area contributed by atoms with Crippen LogP contribution < -0.4 is 5.32 Å². The first-order valence-corrected chi connectivity index (χ1v) is 4.80. The number of benzene rings is 1. The highest BCUT2D eigenvalue weighted by Gasteiger charge is 2.13. The fourth-order valence-corrected chi connectivity index (χ4v) is 1.16. The lowest BCUT2D eigenvalue weighted by Gasteiger charge is -2.07. The average molecular weight is 225 g/mol. The molecule has 16 heavy (non-hydrogen) atoms. The first-order chi connectivity index (χ1) is 7.41. The lowest BCUT2D eigenvalue weighted by Crippen LogP contribution is -2.26. The summed E-state index contributed by atoms with van der Waals surface area (Å²) in [4.78, 5) is 11.5. The standard InChI is InChI=1S/C12H13F2NO/c1-7(2)6-15-12(16)9-4-8(3)10(13)5-11(9)14/h4-5H,1,6H2,2-3H3,(H,15,16). The highest BCUT2D eigenvalue weighted by atomic mass is 19.1. The van der Waals surface area contributed by atoms with E-state index in [-0.39, 0.29) is 17.7 Å². The van der Waals surface area contributed by atoms with Crippen LogP contribution in [-0.4, -0.2) is 12.5 Å². The van der Waals surface area contributed by atoms with E-state index in [9.17, 15) is 13.6 Å². The van der Waals surface area contributed by atoms with Crippen LogP contribution in [0.5, 0.6) is 0 Å². The van der Waals surface area contributed by atoms with Crippen molar-refractivity contribution in [2.24, 2.45) is 0 Å². The first-order valence-electron chi connectivity index (χ1n) is 4.80. The third-order valence-electron chi connectivity index (χ3n) is 2.04. The Kier molecular flexibility index (Phi) is 3.77. The SMILES string of the molecule is C=C(C)CNC(=O)c1cc(C)c(F)cc1F. The van der Waals surface area contributed by atoms with Crippen molar-refractivity contribution in [3.05, 3.63) is 47.0 Å². The number of nitrogens with one attached hydrogen (secondary N) is 1. The summed E-state index contributed by atoms with van der Waals surface area (Å²) in [6, 6.07) is 1.91. The van der Waals surface area contributed by atoms with Crippen LogP contribution in [0.2, 0.25) is 0 Å². The molecule has 1 aromatic rings. The summed E-state index contributed by atoms with van der Waals surface area (Å²) in [6.07, 6.45) is 0. The molecule has 0 aliphatic rings. The molecular formula is C12H13F2NO. The van der Waals surface area contributed by atoms with Crippen LogP contribution in [0.4, 0.5) is 8.78 Å². The predicted molar refractivity (Wildman–Crippen MR) is 58.2 cm³/mol. The summed E-state index contributed by atoms with van der Waals surface area (Å²) < 4.78 is 26.2. The van der Waals surface area contributed by atoms with Crippen molar-refractivity contribution < 1.29 is 13.6 Å². The lowest BCUT2D eigenvalue weighted by molar-refractivity contribution is 0.0953. The number of halogens is 2. The maximum Gasteiger partial charge on any atom is 0.254 e. The Hall–Kier alpha value is -1.71. The van der Waals surface area contributed by atoms with Crippen molar-refractivity contribution in [1.29, 1.82) is 0 Å². The molecule has 0 unspecified atom stereocenters. The van der Waals surface area contributed by atoms with Gasteiger partial charge in [-0.3, -0.25) is 4.79 Å². The zero-order valence-electron chi connectivity index (χ0n) is 9.23.